The third-order valence-corrected chi connectivity index (χ3v) is 5.62. The number of carbonyl (C=O) groups is 2. The van der Waals surface area contributed by atoms with Gasteiger partial charge in [0.15, 0.2) is 0 Å². The van der Waals surface area contributed by atoms with E-state index in [9.17, 15) is 9.59 Å². The zero-order chi connectivity index (χ0) is 20.2. The molecule has 3 aromatic rings. The minimum atomic E-state index is -0.0651. The number of H-pyrrole nitrogens is 1. The molecule has 1 fully saturated rings. The molecule has 6 heteroatoms. The number of amides is 2. The third-order valence-electron chi connectivity index (χ3n) is 5.62. The average Bonchev–Trinajstić information content (AvgIpc) is 3.16. The molecule has 150 valence electrons. The molecule has 1 aromatic carbocycles. The van der Waals surface area contributed by atoms with Crippen LogP contribution in [0, 0.1) is 6.92 Å². The molecule has 2 aromatic heterocycles. The van der Waals surface area contributed by atoms with E-state index in [2.05, 4.69) is 20.6 Å². The minimum absolute atomic E-state index is 0.0268. The predicted molar refractivity (Wildman–Crippen MR) is 113 cm³/mol. The van der Waals surface area contributed by atoms with Gasteiger partial charge in [0.05, 0.1) is 6.42 Å². The predicted octanol–water partition coefficient (Wildman–Crippen LogP) is 3.27. The van der Waals surface area contributed by atoms with Crippen molar-refractivity contribution >= 4 is 22.7 Å². The Morgan fingerprint density at radius 1 is 1.07 bits per heavy atom. The molecular weight excluding hydrogens is 364 g/mol. The van der Waals surface area contributed by atoms with E-state index < -0.39 is 0 Å². The largest absolute Gasteiger partial charge is 0.353 e. The highest BCUT2D eigenvalue weighted by Crippen LogP contribution is 2.21. The smallest absolute Gasteiger partial charge is 0.267 e. The van der Waals surface area contributed by atoms with E-state index in [0.29, 0.717) is 12.1 Å². The second kappa shape index (κ2) is 8.47. The number of para-hydroxylation sites is 1. The van der Waals surface area contributed by atoms with Gasteiger partial charge >= 0.3 is 0 Å². The summed E-state index contributed by atoms with van der Waals surface area (Å²) in [7, 11) is 0. The van der Waals surface area contributed by atoms with Crippen molar-refractivity contribution in [2.45, 2.75) is 51.1 Å². The van der Waals surface area contributed by atoms with Gasteiger partial charge in [-0.05, 0) is 55.9 Å². The van der Waals surface area contributed by atoms with Gasteiger partial charge in [0.25, 0.3) is 5.91 Å². The van der Waals surface area contributed by atoms with Gasteiger partial charge in [0.1, 0.15) is 5.69 Å². The summed E-state index contributed by atoms with van der Waals surface area (Å²) >= 11 is 0. The van der Waals surface area contributed by atoms with Crippen molar-refractivity contribution in [3.8, 4) is 0 Å². The molecule has 0 saturated heterocycles. The number of fused-ring (bicyclic) bond motifs is 1. The molecule has 1 aliphatic carbocycles. The summed E-state index contributed by atoms with van der Waals surface area (Å²) in [6.45, 7) is 2.03. The molecule has 0 aliphatic heterocycles. The molecule has 0 unspecified atom stereocenters. The van der Waals surface area contributed by atoms with E-state index in [0.717, 1.165) is 47.7 Å². The van der Waals surface area contributed by atoms with Crippen molar-refractivity contribution in [1.29, 1.82) is 0 Å². The number of hydrogen-bond acceptors (Lipinski definition) is 3. The Labute approximate surface area is 170 Å². The maximum Gasteiger partial charge on any atom is 0.267 e. The Morgan fingerprint density at radius 2 is 1.83 bits per heavy atom. The first-order valence-electron chi connectivity index (χ1n) is 10.2. The van der Waals surface area contributed by atoms with E-state index in [1.54, 1.807) is 12.4 Å². The second-order valence-electron chi connectivity index (χ2n) is 7.85. The quantitative estimate of drug-likeness (QED) is 0.625. The maximum atomic E-state index is 12.6. The van der Waals surface area contributed by atoms with E-state index >= 15 is 0 Å². The van der Waals surface area contributed by atoms with Gasteiger partial charge in [-0.15, -0.1) is 0 Å². The van der Waals surface area contributed by atoms with Crippen LogP contribution in [0.5, 0.6) is 0 Å². The fourth-order valence-electron chi connectivity index (χ4n) is 4.04. The van der Waals surface area contributed by atoms with Crippen LogP contribution in [0.1, 0.15) is 47.3 Å². The first-order chi connectivity index (χ1) is 14.1. The fourth-order valence-corrected chi connectivity index (χ4v) is 4.04. The Morgan fingerprint density at radius 3 is 2.52 bits per heavy atom. The lowest BCUT2D eigenvalue weighted by atomic mass is 9.91. The third kappa shape index (κ3) is 4.65. The molecule has 0 atom stereocenters. The summed E-state index contributed by atoms with van der Waals surface area (Å²) in [6, 6.07) is 12.0. The molecular formula is C23H26N4O2. The normalized spacial score (nSPS) is 19.1. The van der Waals surface area contributed by atoms with Crippen LogP contribution < -0.4 is 10.6 Å². The van der Waals surface area contributed by atoms with Gasteiger partial charge in [-0.25, -0.2) is 0 Å². The van der Waals surface area contributed by atoms with Gasteiger partial charge in [-0.1, -0.05) is 24.3 Å². The maximum absolute atomic E-state index is 12.6. The summed E-state index contributed by atoms with van der Waals surface area (Å²) in [4.78, 5) is 32.1. The van der Waals surface area contributed by atoms with Crippen molar-refractivity contribution in [1.82, 2.24) is 20.6 Å². The molecule has 4 rings (SSSR count). The minimum Gasteiger partial charge on any atom is -0.353 e. The van der Waals surface area contributed by atoms with Gasteiger partial charge < -0.3 is 15.6 Å². The SMILES string of the molecule is Cc1cccc2cc(C(=O)N[C@H]3CC[C@H](NC(=O)Cc4cccnc4)CC3)[nH]c12. The molecule has 0 bridgehead atoms. The monoisotopic (exact) mass is 390 g/mol. The number of nitrogens with one attached hydrogen (secondary N) is 3. The Hall–Kier alpha value is -3.15. The van der Waals surface area contributed by atoms with Crippen molar-refractivity contribution < 1.29 is 9.59 Å². The van der Waals surface area contributed by atoms with E-state index in [-0.39, 0.29) is 23.9 Å². The van der Waals surface area contributed by atoms with Crippen molar-refractivity contribution in [3.63, 3.8) is 0 Å². The zero-order valence-corrected chi connectivity index (χ0v) is 16.6. The highest BCUT2D eigenvalue weighted by atomic mass is 16.2. The molecule has 1 saturated carbocycles. The van der Waals surface area contributed by atoms with Crippen LogP contribution >= 0.6 is 0 Å². The average molecular weight is 390 g/mol. The topological polar surface area (TPSA) is 86.9 Å². The lowest BCUT2D eigenvalue weighted by Crippen LogP contribution is -2.44. The number of benzene rings is 1. The van der Waals surface area contributed by atoms with Crippen LogP contribution in [0.15, 0.2) is 48.8 Å². The molecule has 6 nitrogen and oxygen atoms in total. The molecule has 1 aliphatic rings. The fraction of sp³-hybridized carbons (Fsp3) is 0.348. The van der Waals surface area contributed by atoms with Crippen LogP contribution in [0.2, 0.25) is 0 Å². The van der Waals surface area contributed by atoms with Crippen molar-refractivity contribution in [2.24, 2.45) is 0 Å². The van der Waals surface area contributed by atoms with Crippen LogP contribution in [-0.4, -0.2) is 33.9 Å². The molecule has 0 radical (unpaired) electrons. The van der Waals surface area contributed by atoms with Crippen molar-refractivity contribution in [3.05, 3.63) is 65.6 Å². The van der Waals surface area contributed by atoms with E-state index in [1.807, 2.05) is 43.3 Å². The summed E-state index contributed by atoms with van der Waals surface area (Å²) in [6.07, 6.45) is 7.24. The Kier molecular flexibility index (Phi) is 5.60. The van der Waals surface area contributed by atoms with Crippen LogP contribution in [0.25, 0.3) is 10.9 Å². The summed E-state index contributed by atoms with van der Waals surface area (Å²) in [5, 5.41) is 7.30. The summed E-state index contributed by atoms with van der Waals surface area (Å²) in [5.41, 5.74) is 3.66. The highest BCUT2D eigenvalue weighted by molar-refractivity contribution is 5.98. The van der Waals surface area contributed by atoms with Gasteiger partial charge in [0.2, 0.25) is 5.91 Å². The van der Waals surface area contributed by atoms with Gasteiger partial charge in [0, 0.05) is 35.4 Å². The van der Waals surface area contributed by atoms with Crippen LogP contribution in [0.3, 0.4) is 0 Å². The number of hydrogen-bond donors (Lipinski definition) is 3. The standard InChI is InChI=1S/C23H26N4O2/c1-15-4-2-6-17-13-20(27-22(15)17)23(29)26-19-9-7-18(8-10-19)25-21(28)12-16-5-3-11-24-14-16/h2-6,11,13-14,18-19,27H,7-10,12H2,1H3,(H,25,28)(H,26,29)/t18-,19-. The number of aryl methyl sites for hydroxylation is 1. The second-order valence-corrected chi connectivity index (χ2v) is 7.85. The summed E-state index contributed by atoms with van der Waals surface area (Å²) in [5.74, 6) is -0.0383. The number of aromatic nitrogens is 2. The Balaban J connectivity index is 1.26. The number of rotatable bonds is 5. The van der Waals surface area contributed by atoms with Gasteiger partial charge in [-0.3, -0.25) is 14.6 Å². The van der Waals surface area contributed by atoms with Crippen LogP contribution in [0.4, 0.5) is 0 Å². The lowest BCUT2D eigenvalue weighted by molar-refractivity contribution is -0.121. The lowest BCUT2D eigenvalue weighted by Gasteiger charge is -2.29. The number of carbonyl (C=O) groups excluding carboxylic acids is 2. The zero-order valence-electron chi connectivity index (χ0n) is 16.6. The summed E-state index contributed by atoms with van der Waals surface area (Å²) < 4.78 is 0. The number of aromatic amines is 1. The molecule has 0 spiro atoms. The number of nitrogens with zero attached hydrogens (tertiary/aromatic N) is 1. The first-order valence-corrected chi connectivity index (χ1v) is 10.2. The van der Waals surface area contributed by atoms with Gasteiger partial charge in [-0.2, -0.15) is 0 Å². The molecule has 2 heterocycles. The Bertz CT molecular complexity index is 1000. The van der Waals surface area contributed by atoms with E-state index in [4.69, 9.17) is 0 Å². The molecule has 2 amide bonds. The molecule has 3 N–H and O–H groups in total. The van der Waals surface area contributed by atoms with Crippen molar-refractivity contribution in [2.75, 3.05) is 0 Å². The molecule has 29 heavy (non-hydrogen) atoms. The number of pyridine rings is 1. The highest BCUT2D eigenvalue weighted by Gasteiger charge is 2.24. The first kappa shape index (κ1) is 19.2. The van der Waals surface area contributed by atoms with Crippen LogP contribution in [-0.2, 0) is 11.2 Å². The van der Waals surface area contributed by atoms with E-state index in [1.165, 1.54) is 0 Å².